The molecule has 6 nitrogen and oxygen atoms in total. The average molecular weight is 342 g/mol. The molecule has 0 amide bonds. The van der Waals surface area contributed by atoms with E-state index in [9.17, 15) is 23.3 Å². The lowest BCUT2D eigenvalue weighted by Crippen LogP contribution is -2.07. The third-order valence-corrected chi connectivity index (χ3v) is 4.09. The maximum absolute atomic E-state index is 13.0. The number of nitriles is 1. The Hall–Kier alpha value is -2.54. The third-order valence-electron chi connectivity index (χ3n) is 2.95. The number of aryl methyl sites for hydroxylation is 2. The SMILES string of the molecule is Cc1nn(C)c(Sc2ccc(C#N)c(C(F)(F)F)c2)c1[N+](=O)[O-]. The van der Waals surface area contributed by atoms with Gasteiger partial charge in [0, 0.05) is 11.9 Å². The van der Waals surface area contributed by atoms with Crippen molar-refractivity contribution in [1.82, 2.24) is 9.78 Å². The number of nitro groups is 1. The van der Waals surface area contributed by atoms with E-state index in [4.69, 9.17) is 5.26 Å². The molecule has 0 saturated heterocycles. The summed E-state index contributed by atoms with van der Waals surface area (Å²) in [5.74, 6) is 0. The minimum atomic E-state index is -4.68. The van der Waals surface area contributed by atoms with Crippen LogP contribution in [0.15, 0.2) is 28.1 Å². The molecule has 0 spiro atoms. The fourth-order valence-electron chi connectivity index (χ4n) is 1.98. The Balaban J connectivity index is 2.51. The smallest absolute Gasteiger partial charge is 0.258 e. The van der Waals surface area contributed by atoms with Gasteiger partial charge in [0.2, 0.25) is 0 Å². The lowest BCUT2D eigenvalue weighted by molar-refractivity contribution is -0.388. The fourth-order valence-corrected chi connectivity index (χ4v) is 3.01. The molecule has 2 aromatic rings. The van der Waals surface area contributed by atoms with E-state index >= 15 is 0 Å². The number of benzene rings is 1. The number of aromatic nitrogens is 2. The predicted molar refractivity (Wildman–Crippen MR) is 74.9 cm³/mol. The molecule has 1 heterocycles. The molecule has 0 N–H and O–H groups in total. The summed E-state index contributed by atoms with van der Waals surface area (Å²) >= 11 is 0.789. The number of hydrogen-bond acceptors (Lipinski definition) is 5. The van der Waals surface area contributed by atoms with Crippen molar-refractivity contribution in [2.45, 2.75) is 23.0 Å². The molecule has 1 aromatic carbocycles. The van der Waals surface area contributed by atoms with E-state index in [1.807, 2.05) is 0 Å². The van der Waals surface area contributed by atoms with Crippen LogP contribution in [-0.2, 0) is 13.2 Å². The molecule has 0 aliphatic heterocycles. The Labute approximate surface area is 132 Å². The summed E-state index contributed by atoms with van der Waals surface area (Å²) in [5.41, 5.74) is -1.66. The van der Waals surface area contributed by atoms with Gasteiger partial charge in [0.25, 0.3) is 0 Å². The first kappa shape index (κ1) is 16.8. The first-order chi connectivity index (χ1) is 10.6. The Morgan fingerprint density at radius 3 is 2.61 bits per heavy atom. The summed E-state index contributed by atoms with van der Waals surface area (Å²) in [6.07, 6.45) is -4.68. The monoisotopic (exact) mass is 342 g/mol. The van der Waals surface area contributed by atoms with E-state index < -0.39 is 22.2 Å². The van der Waals surface area contributed by atoms with Crippen molar-refractivity contribution in [2.24, 2.45) is 7.05 Å². The Morgan fingerprint density at radius 2 is 2.09 bits per heavy atom. The second kappa shape index (κ2) is 5.92. The maximum atomic E-state index is 13.0. The molecule has 1 aromatic heterocycles. The fraction of sp³-hybridized carbons (Fsp3) is 0.231. The third kappa shape index (κ3) is 3.29. The van der Waals surface area contributed by atoms with E-state index in [2.05, 4.69) is 5.10 Å². The Bertz CT molecular complexity index is 824. The standard InChI is InChI=1S/C13H9F3N4O2S/c1-7-11(20(21)22)12(19(2)18-7)23-9-4-3-8(6-17)10(5-9)13(14,15)16/h3-5H,1-2H3. The molecule has 0 fully saturated rings. The number of rotatable bonds is 3. The van der Waals surface area contributed by atoms with Gasteiger partial charge in [-0.2, -0.15) is 23.5 Å². The molecular weight excluding hydrogens is 333 g/mol. The largest absolute Gasteiger partial charge is 0.417 e. The van der Waals surface area contributed by atoms with E-state index in [-0.39, 0.29) is 21.3 Å². The van der Waals surface area contributed by atoms with Gasteiger partial charge in [-0.05, 0) is 25.1 Å². The van der Waals surface area contributed by atoms with Crippen LogP contribution in [0.1, 0.15) is 16.8 Å². The van der Waals surface area contributed by atoms with E-state index in [0.29, 0.717) is 0 Å². The summed E-state index contributed by atoms with van der Waals surface area (Å²) in [4.78, 5) is 10.6. The van der Waals surface area contributed by atoms with Crippen molar-refractivity contribution in [2.75, 3.05) is 0 Å². The molecular formula is C13H9F3N4O2S. The number of halogens is 3. The van der Waals surface area contributed by atoms with Gasteiger partial charge < -0.3 is 0 Å². The summed E-state index contributed by atoms with van der Waals surface area (Å²) < 4.78 is 40.1. The molecule has 0 atom stereocenters. The van der Waals surface area contributed by atoms with Crippen LogP contribution in [0.2, 0.25) is 0 Å². The van der Waals surface area contributed by atoms with Crippen LogP contribution in [0.3, 0.4) is 0 Å². The lowest BCUT2D eigenvalue weighted by Gasteiger charge is -2.10. The molecule has 0 aliphatic rings. The first-order valence-electron chi connectivity index (χ1n) is 6.12. The van der Waals surface area contributed by atoms with Crippen LogP contribution in [0.5, 0.6) is 0 Å². The van der Waals surface area contributed by atoms with Crippen molar-refractivity contribution < 1.29 is 18.1 Å². The highest BCUT2D eigenvalue weighted by atomic mass is 32.2. The quantitative estimate of drug-likeness (QED) is 0.627. The van der Waals surface area contributed by atoms with Gasteiger partial charge in [-0.15, -0.1) is 0 Å². The van der Waals surface area contributed by atoms with Crippen molar-refractivity contribution in [3.05, 3.63) is 45.1 Å². The molecule has 0 unspecified atom stereocenters. The second-order valence-electron chi connectivity index (χ2n) is 4.54. The summed E-state index contributed by atoms with van der Waals surface area (Å²) in [5, 5.41) is 23.9. The van der Waals surface area contributed by atoms with Crippen LogP contribution >= 0.6 is 11.8 Å². The first-order valence-corrected chi connectivity index (χ1v) is 6.94. The maximum Gasteiger partial charge on any atom is 0.417 e. The van der Waals surface area contributed by atoms with E-state index in [1.54, 1.807) is 0 Å². The highest BCUT2D eigenvalue weighted by Gasteiger charge is 2.34. The van der Waals surface area contributed by atoms with Crippen LogP contribution in [-0.4, -0.2) is 14.7 Å². The van der Waals surface area contributed by atoms with Crippen LogP contribution in [0.4, 0.5) is 18.9 Å². The molecule has 0 aliphatic carbocycles. The van der Waals surface area contributed by atoms with Crippen LogP contribution in [0, 0.1) is 28.4 Å². The van der Waals surface area contributed by atoms with Gasteiger partial charge in [0.15, 0.2) is 5.03 Å². The topological polar surface area (TPSA) is 84.8 Å². The summed E-state index contributed by atoms with van der Waals surface area (Å²) in [6.45, 7) is 1.45. The molecule has 0 saturated carbocycles. The zero-order chi connectivity index (χ0) is 17.4. The van der Waals surface area contributed by atoms with Gasteiger partial charge in [0.1, 0.15) is 5.69 Å². The molecule has 10 heteroatoms. The number of hydrogen-bond donors (Lipinski definition) is 0. The molecule has 2 rings (SSSR count). The van der Waals surface area contributed by atoms with Crippen molar-refractivity contribution in [1.29, 1.82) is 5.26 Å². The van der Waals surface area contributed by atoms with Gasteiger partial charge in [0.05, 0.1) is 22.1 Å². The normalized spacial score (nSPS) is 11.3. The van der Waals surface area contributed by atoms with Gasteiger partial charge >= 0.3 is 11.9 Å². The summed E-state index contributed by atoms with van der Waals surface area (Å²) in [7, 11) is 1.47. The van der Waals surface area contributed by atoms with Crippen molar-refractivity contribution in [3.63, 3.8) is 0 Å². The summed E-state index contributed by atoms with van der Waals surface area (Å²) in [6, 6.07) is 4.64. The Kier molecular flexibility index (Phi) is 4.33. The molecule has 23 heavy (non-hydrogen) atoms. The van der Waals surface area contributed by atoms with E-state index in [0.717, 1.165) is 23.9 Å². The van der Waals surface area contributed by atoms with Crippen LogP contribution in [0.25, 0.3) is 0 Å². The zero-order valence-electron chi connectivity index (χ0n) is 11.9. The molecule has 0 bridgehead atoms. The molecule has 0 radical (unpaired) electrons. The zero-order valence-corrected chi connectivity index (χ0v) is 12.7. The predicted octanol–water partition coefficient (Wildman–Crippen LogP) is 3.68. The van der Waals surface area contributed by atoms with Crippen molar-refractivity contribution in [3.8, 4) is 6.07 Å². The van der Waals surface area contributed by atoms with Gasteiger partial charge in [-0.3, -0.25) is 14.8 Å². The lowest BCUT2D eigenvalue weighted by atomic mass is 10.1. The van der Waals surface area contributed by atoms with Gasteiger partial charge in [-0.25, -0.2) is 0 Å². The van der Waals surface area contributed by atoms with E-state index in [1.165, 1.54) is 30.8 Å². The Morgan fingerprint density at radius 1 is 1.43 bits per heavy atom. The van der Waals surface area contributed by atoms with Gasteiger partial charge in [-0.1, -0.05) is 11.8 Å². The number of alkyl halides is 3. The average Bonchev–Trinajstić information content (AvgIpc) is 2.72. The molecule has 120 valence electrons. The van der Waals surface area contributed by atoms with Crippen molar-refractivity contribution >= 4 is 17.4 Å². The highest BCUT2D eigenvalue weighted by Crippen LogP contribution is 2.39. The number of nitrogens with zero attached hydrogens (tertiary/aromatic N) is 4. The minimum absolute atomic E-state index is 0.116. The highest BCUT2D eigenvalue weighted by molar-refractivity contribution is 7.99. The second-order valence-corrected chi connectivity index (χ2v) is 5.60. The minimum Gasteiger partial charge on any atom is -0.258 e. The van der Waals surface area contributed by atoms with Crippen LogP contribution < -0.4 is 0 Å².